The fourth-order valence-electron chi connectivity index (χ4n) is 1.14. The Bertz CT molecular complexity index is 351. The van der Waals surface area contributed by atoms with Crippen LogP contribution in [0.3, 0.4) is 0 Å². The van der Waals surface area contributed by atoms with Gasteiger partial charge in [-0.1, -0.05) is 0 Å². The maximum absolute atomic E-state index is 4.35. The van der Waals surface area contributed by atoms with Crippen molar-refractivity contribution in [1.82, 2.24) is 14.8 Å². The lowest BCUT2D eigenvalue weighted by Crippen LogP contribution is -1.91. The Hall–Kier alpha value is -1.51. The summed E-state index contributed by atoms with van der Waals surface area (Å²) in [4.78, 5) is 3.00. The molecule has 62 valence electrons. The van der Waals surface area contributed by atoms with E-state index in [4.69, 9.17) is 0 Å². The van der Waals surface area contributed by atoms with Gasteiger partial charge in [0.1, 0.15) is 0 Å². The minimum atomic E-state index is 1.08. The minimum Gasteiger partial charge on any atom is -0.366 e. The lowest BCUT2D eigenvalue weighted by Gasteiger charge is -1.93. The molecule has 12 heavy (non-hydrogen) atoms. The number of nitrogens with one attached hydrogen (secondary N) is 1. The molecule has 0 radical (unpaired) electrons. The van der Waals surface area contributed by atoms with Gasteiger partial charge in [-0.3, -0.25) is 0 Å². The zero-order chi connectivity index (χ0) is 8.55. The van der Waals surface area contributed by atoms with Gasteiger partial charge in [-0.2, -0.15) is 5.10 Å². The molecule has 0 saturated carbocycles. The highest BCUT2D eigenvalue weighted by Gasteiger charge is 2.01. The van der Waals surface area contributed by atoms with Gasteiger partial charge in [-0.15, -0.1) is 0 Å². The second-order valence-corrected chi connectivity index (χ2v) is 2.91. The molecule has 0 aliphatic carbocycles. The van der Waals surface area contributed by atoms with Crippen molar-refractivity contribution in [2.75, 3.05) is 0 Å². The first-order valence-electron chi connectivity index (χ1n) is 3.93. The fraction of sp³-hybridized carbons (Fsp3) is 0.222. The highest BCUT2D eigenvalue weighted by Crippen LogP contribution is 2.09. The second-order valence-electron chi connectivity index (χ2n) is 2.91. The highest BCUT2D eigenvalue weighted by molar-refractivity contribution is 5.29. The van der Waals surface area contributed by atoms with Crippen LogP contribution in [0, 0.1) is 13.8 Å². The molecule has 0 spiro atoms. The molecular weight excluding hydrogens is 150 g/mol. The third kappa shape index (κ3) is 1.03. The van der Waals surface area contributed by atoms with Gasteiger partial charge >= 0.3 is 0 Å². The van der Waals surface area contributed by atoms with E-state index >= 15 is 0 Å². The molecule has 0 aliphatic rings. The van der Waals surface area contributed by atoms with Gasteiger partial charge in [0.05, 0.1) is 11.4 Å². The molecular formula is C9H11N3. The van der Waals surface area contributed by atoms with Gasteiger partial charge in [-0.05, 0) is 25.5 Å². The molecule has 0 aliphatic heterocycles. The Balaban J connectivity index is 2.48. The SMILES string of the molecule is Cc1cn(-c2cc[nH]c2)nc1C. The summed E-state index contributed by atoms with van der Waals surface area (Å²) in [6.07, 6.45) is 5.84. The molecule has 0 bridgehead atoms. The van der Waals surface area contributed by atoms with Gasteiger partial charge < -0.3 is 4.98 Å². The van der Waals surface area contributed by atoms with Crippen LogP contribution < -0.4 is 0 Å². The molecule has 0 saturated heterocycles. The van der Waals surface area contributed by atoms with Gasteiger partial charge in [0.2, 0.25) is 0 Å². The van der Waals surface area contributed by atoms with E-state index in [0.29, 0.717) is 0 Å². The molecule has 2 heterocycles. The summed E-state index contributed by atoms with van der Waals surface area (Å²) in [7, 11) is 0. The van der Waals surface area contributed by atoms with Crippen LogP contribution in [-0.2, 0) is 0 Å². The number of rotatable bonds is 1. The van der Waals surface area contributed by atoms with E-state index < -0.39 is 0 Å². The zero-order valence-electron chi connectivity index (χ0n) is 7.20. The van der Waals surface area contributed by atoms with Gasteiger partial charge in [-0.25, -0.2) is 4.68 Å². The zero-order valence-corrected chi connectivity index (χ0v) is 7.20. The van der Waals surface area contributed by atoms with E-state index in [1.807, 2.05) is 36.3 Å². The second kappa shape index (κ2) is 2.52. The van der Waals surface area contributed by atoms with Crippen LogP contribution in [0.15, 0.2) is 24.7 Å². The van der Waals surface area contributed by atoms with E-state index in [2.05, 4.69) is 17.0 Å². The monoisotopic (exact) mass is 161 g/mol. The Morgan fingerprint density at radius 2 is 2.25 bits per heavy atom. The average molecular weight is 161 g/mol. The van der Waals surface area contributed by atoms with Crippen LogP contribution in [0.4, 0.5) is 0 Å². The van der Waals surface area contributed by atoms with Gasteiger partial charge in [0.25, 0.3) is 0 Å². The highest BCUT2D eigenvalue weighted by atomic mass is 15.3. The summed E-state index contributed by atoms with van der Waals surface area (Å²) in [6, 6.07) is 1.99. The number of aromatic nitrogens is 3. The molecule has 0 unspecified atom stereocenters. The minimum absolute atomic E-state index is 1.08. The Morgan fingerprint density at radius 1 is 1.42 bits per heavy atom. The normalized spacial score (nSPS) is 10.5. The molecule has 0 aromatic carbocycles. The van der Waals surface area contributed by atoms with Crippen molar-refractivity contribution in [2.45, 2.75) is 13.8 Å². The molecule has 3 nitrogen and oxygen atoms in total. The first-order chi connectivity index (χ1) is 5.77. The van der Waals surface area contributed by atoms with Crippen molar-refractivity contribution in [2.24, 2.45) is 0 Å². The van der Waals surface area contributed by atoms with Gasteiger partial charge in [0.15, 0.2) is 0 Å². The largest absolute Gasteiger partial charge is 0.366 e. The van der Waals surface area contributed by atoms with Crippen LogP contribution in [-0.4, -0.2) is 14.8 Å². The summed E-state index contributed by atoms with van der Waals surface area (Å²) in [5.41, 5.74) is 3.37. The smallest absolute Gasteiger partial charge is 0.0819 e. The third-order valence-electron chi connectivity index (χ3n) is 1.99. The summed E-state index contributed by atoms with van der Waals surface area (Å²) >= 11 is 0. The predicted molar refractivity (Wildman–Crippen MR) is 47.4 cm³/mol. The van der Waals surface area contributed by atoms with E-state index in [1.54, 1.807) is 0 Å². The van der Waals surface area contributed by atoms with Crippen LogP contribution in [0.5, 0.6) is 0 Å². The van der Waals surface area contributed by atoms with Crippen LogP contribution in [0.25, 0.3) is 5.69 Å². The molecule has 0 atom stereocenters. The van der Waals surface area contributed by atoms with Crippen molar-refractivity contribution < 1.29 is 0 Å². The molecule has 3 heteroatoms. The molecule has 2 aromatic heterocycles. The third-order valence-corrected chi connectivity index (χ3v) is 1.99. The summed E-state index contributed by atoms with van der Waals surface area (Å²) in [5, 5.41) is 4.35. The lowest BCUT2D eigenvalue weighted by atomic mass is 10.3. The number of hydrogen-bond acceptors (Lipinski definition) is 1. The number of aromatic amines is 1. The first kappa shape index (κ1) is 7.16. The van der Waals surface area contributed by atoms with E-state index in [-0.39, 0.29) is 0 Å². The summed E-state index contributed by atoms with van der Waals surface area (Å²) < 4.78 is 1.88. The number of aryl methyl sites for hydroxylation is 2. The fourth-order valence-corrected chi connectivity index (χ4v) is 1.14. The maximum Gasteiger partial charge on any atom is 0.0819 e. The number of H-pyrrole nitrogens is 1. The maximum atomic E-state index is 4.35. The van der Waals surface area contributed by atoms with E-state index in [9.17, 15) is 0 Å². The van der Waals surface area contributed by atoms with Crippen LogP contribution in [0.1, 0.15) is 11.3 Å². The van der Waals surface area contributed by atoms with Crippen molar-refractivity contribution in [3.8, 4) is 5.69 Å². The molecule has 2 aromatic rings. The van der Waals surface area contributed by atoms with Crippen molar-refractivity contribution in [1.29, 1.82) is 0 Å². The molecule has 0 fully saturated rings. The Morgan fingerprint density at radius 3 is 2.75 bits per heavy atom. The summed E-state index contributed by atoms with van der Waals surface area (Å²) in [5.74, 6) is 0. The van der Waals surface area contributed by atoms with E-state index in [0.717, 1.165) is 11.4 Å². The molecule has 2 rings (SSSR count). The number of nitrogens with zero attached hydrogens (tertiary/aromatic N) is 2. The van der Waals surface area contributed by atoms with Gasteiger partial charge in [0, 0.05) is 18.6 Å². The molecule has 1 N–H and O–H groups in total. The Labute approximate surface area is 71.0 Å². The Kier molecular flexibility index (Phi) is 1.50. The predicted octanol–water partition coefficient (Wildman–Crippen LogP) is 1.82. The van der Waals surface area contributed by atoms with Crippen LogP contribution in [0.2, 0.25) is 0 Å². The van der Waals surface area contributed by atoms with Crippen LogP contribution >= 0.6 is 0 Å². The van der Waals surface area contributed by atoms with Crippen molar-refractivity contribution in [3.63, 3.8) is 0 Å². The lowest BCUT2D eigenvalue weighted by molar-refractivity contribution is 0.864. The number of hydrogen-bond donors (Lipinski definition) is 1. The van der Waals surface area contributed by atoms with E-state index in [1.165, 1.54) is 5.56 Å². The quantitative estimate of drug-likeness (QED) is 0.680. The topological polar surface area (TPSA) is 33.6 Å². The first-order valence-corrected chi connectivity index (χ1v) is 3.93. The molecule has 0 amide bonds. The van der Waals surface area contributed by atoms with Crippen molar-refractivity contribution in [3.05, 3.63) is 35.9 Å². The standard InChI is InChI=1S/C9H11N3/c1-7-6-12(11-8(7)2)9-3-4-10-5-9/h3-6,10H,1-2H3. The summed E-state index contributed by atoms with van der Waals surface area (Å²) in [6.45, 7) is 4.07. The average Bonchev–Trinajstić information content (AvgIpc) is 2.61. The van der Waals surface area contributed by atoms with Crippen molar-refractivity contribution >= 4 is 0 Å².